The lowest BCUT2D eigenvalue weighted by molar-refractivity contribution is 0.0968. The molecule has 0 fully saturated rings. The molecule has 0 aromatic carbocycles. The molecule has 0 saturated carbocycles. The molecule has 0 aromatic heterocycles. The highest BCUT2D eigenvalue weighted by Gasteiger charge is 2.09. The van der Waals surface area contributed by atoms with Gasteiger partial charge in [-0.25, -0.2) is 0 Å². The molecule has 0 radical (unpaired) electrons. The number of aliphatic hydroxyl groups excluding tert-OH is 2. The summed E-state index contributed by atoms with van der Waals surface area (Å²) in [5.74, 6) is 0.0203. The van der Waals surface area contributed by atoms with Crippen LogP contribution in [-0.4, -0.2) is 27.4 Å². The van der Waals surface area contributed by atoms with E-state index in [-0.39, 0.29) is 18.6 Å². The average molecular weight is 230 g/mol. The van der Waals surface area contributed by atoms with Crippen LogP contribution in [-0.2, 0) is 0 Å². The summed E-state index contributed by atoms with van der Waals surface area (Å²) in [7, 11) is 0. The van der Waals surface area contributed by atoms with Crippen molar-refractivity contribution in [2.24, 2.45) is 5.92 Å². The molecular formula is C5H11IO2. The first-order chi connectivity index (χ1) is 3.72. The highest BCUT2D eigenvalue weighted by atomic mass is 127. The zero-order valence-electron chi connectivity index (χ0n) is 4.84. The minimum Gasteiger partial charge on any atom is -0.396 e. The van der Waals surface area contributed by atoms with Crippen LogP contribution in [0.5, 0.6) is 0 Å². The van der Waals surface area contributed by atoms with Crippen LogP contribution in [0.4, 0.5) is 0 Å². The number of halogens is 1. The standard InChI is InChI=1S/C5H11IO2/c1-4(3-7)5(8)2-6/h4-5,7-8H,2-3H2,1H3. The van der Waals surface area contributed by atoms with E-state index in [0.717, 1.165) is 0 Å². The van der Waals surface area contributed by atoms with E-state index in [0.29, 0.717) is 4.43 Å². The topological polar surface area (TPSA) is 40.5 Å². The van der Waals surface area contributed by atoms with Crippen LogP contribution in [0.15, 0.2) is 0 Å². The first kappa shape index (κ1) is 8.65. The Bertz CT molecular complexity index is 50.4. The molecule has 0 saturated heterocycles. The maximum atomic E-state index is 8.96. The van der Waals surface area contributed by atoms with Gasteiger partial charge in [0.15, 0.2) is 0 Å². The molecule has 0 aliphatic heterocycles. The number of hydrogen-bond donors (Lipinski definition) is 2. The number of rotatable bonds is 3. The van der Waals surface area contributed by atoms with Gasteiger partial charge >= 0.3 is 0 Å². The third-order valence-corrected chi connectivity index (χ3v) is 2.01. The normalized spacial score (nSPS) is 18.0. The van der Waals surface area contributed by atoms with Crippen molar-refractivity contribution < 1.29 is 10.2 Å². The van der Waals surface area contributed by atoms with Gasteiger partial charge in [-0.2, -0.15) is 0 Å². The Labute approximate surface area is 63.0 Å². The summed E-state index contributed by atoms with van der Waals surface area (Å²) >= 11 is 2.09. The highest BCUT2D eigenvalue weighted by Crippen LogP contribution is 2.03. The Morgan fingerprint density at radius 1 is 1.62 bits per heavy atom. The molecule has 0 aliphatic carbocycles. The van der Waals surface area contributed by atoms with E-state index in [9.17, 15) is 0 Å². The summed E-state index contributed by atoms with van der Waals surface area (Å²) in [5, 5.41) is 17.4. The molecule has 0 amide bonds. The van der Waals surface area contributed by atoms with Crippen LogP contribution >= 0.6 is 22.6 Å². The first-order valence-corrected chi connectivity index (χ1v) is 4.09. The molecule has 2 unspecified atom stereocenters. The Morgan fingerprint density at radius 2 is 2.12 bits per heavy atom. The monoisotopic (exact) mass is 230 g/mol. The van der Waals surface area contributed by atoms with Gasteiger partial charge in [-0.15, -0.1) is 0 Å². The Hall–Kier alpha value is 0.650. The average Bonchev–Trinajstić information content (AvgIpc) is 1.84. The maximum Gasteiger partial charge on any atom is 0.0676 e. The summed E-state index contributed by atoms with van der Waals surface area (Å²) in [6.07, 6.45) is -0.347. The lowest BCUT2D eigenvalue weighted by atomic mass is 10.1. The van der Waals surface area contributed by atoms with E-state index >= 15 is 0 Å². The van der Waals surface area contributed by atoms with Gasteiger partial charge in [-0.05, 0) is 0 Å². The van der Waals surface area contributed by atoms with Crippen molar-refractivity contribution in [3.8, 4) is 0 Å². The second kappa shape index (κ2) is 4.52. The predicted molar refractivity (Wildman–Crippen MR) is 41.1 cm³/mol. The van der Waals surface area contributed by atoms with E-state index in [1.807, 2.05) is 6.92 Å². The van der Waals surface area contributed by atoms with E-state index < -0.39 is 0 Å². The Morgan fingerprint density at radius 3 is 2.25 bits per heavy atom. The molecule has 2 nitrogen and oxygen atoms in total. The van der Waals surface area contributed by atoms with Crippen LogP contribution in [0, 0.1) is 5.92 Å². The molecule has 50 valence electrons. The zero-order valence-corrected chi connectivity index (χ0v) is 7.00. The molecule has 0 bridgehead atoms. The lowest BCUT2D eigenvalue weighted by Crippen LogP contribution is -2.21. The van der Waals surface area contributed by atoms with Crippen LogP contribution in [0.2, 0.25) is 0 Å². The molecule has 2 N–H and O–H groups in total. The molecule has 0 aliphatic rings. The molecule has 3 heteroatoms. The SMILES string of the molecule is CC(CO)C(O)CI. The summed E-state index contributed by atoms with van der Waals surface area (Å²) < 4.78 is 0.694. The van der Waals surface area contributed by atoms with Crippen molar-refractivity contribution >= 4 is 22.6 Å². The predicted octanol–water partition coefficient (Wildman–Crippen LogP) is 0.411. The van der Waals surface area contributed by atoms with Gasteiger partial charge in [0.2, 0.25) is 0 Å². The fourth-order valence-electron chi connectivity index (χ4n) is 0.274. The van der Waals surface area contributed by atoms with E-state index in [4.69, 9.17) is 10.2 Å². The summed E-state index contributed by atoms with van der Waals surface area (Å²) in [6, 6.07) is 0. The van der Waals surface area contributed by atoms with Gasteiger partial charge in [-0.1, -0.05) is 29.5 Å². The van der Waals surface area contributed by atoms with Gasteiger partial charge in [0.1, 0.15) is 0 Å². The Kier molecular flexibility index (Phi) is 4.89. The van der Waals surface area contributed by atoms with Crippen LogP contribution in [0.1, 0.15) is 6.92 Å². The summed E-state index contributed by atoms with van der Waals surface area (Å²) in [4.78, 5) is 0. The third kappa shape index (κ3) is 2.84. The summed E-state index contributed by atoms with van der Waals surface area (Å²) in [5.41, 5.74) is 0. The highest BCUT2D eigenvalue weighted by molar-refractivity contribution is 14.1. The second-order valence-electron chi connectivity index (χ2n) is 1.88. The molecule has 0 heterocycles. The van der Waals surface area contributed by atoms with E-state index in [1.165, 1.54) is 0 Å². The smallest absolute Gasteiger partial charge is 0.0676 e. The van der Waals surface area contributed by atoms with Crippen molar-refractivity contribution in [3.05, 3.63) is 0 Å². The lowest BCUT2D eigenvalue weighted by Gasteiger charge is -2.11. The van der Waals surface area contributed by atoms with Gasteiger partial charge in [0, 0.05) is 17.0 Å². The van der Waals surface area contributed by atoms with Crippen molar-refractivity contribution in [2.45, 2.75) is 13.0 Å². The summed E-state index contributed by atoms with van der Waals surface area (Å²) in [6.45, 7) is 1.90. The second-order valence-corrected chi connectivity index (χ2v) is 2.76. The molecule has 2 atom stereocenters. The fourth-order valence-corrected chi connectivity index (χ4v) is 1.14. The maximum absolute atomic E-state index is 8.96. The van der Waals surface area contributed by atoms with Crippen LogP contribution < -0.4 is 0 Å². The van der Waals surface area contributed by atoms with Crippen molar-refractivity contribution in [1.82, 2.24) is 0 Å². The van der Waals surface area contributed by atoms with Gasteiger partial charge in [-0.3, -0.25) is 0 Å². The number of aliphatic hydroxyl groups is 2. The largest absolute Gasteiger partial charge is 0.396 e. The molecule has 0 spiro atoms. The fraction of sp³-hybridized carbons (Fsp3) is 1.00. The van der Waals surface area contributed by atoms with E-state index in [2.05, 4.69) is 22.6 Å². The first-order valence-electron chi connectivity index (χ1n) is 2.57. The zero-order chi connectivity index (χ0) is 6.57. The quantitative estimate of drug-likeness (QED) is 0.544. The minimum absolute atomic E-state index is 0.0203. The molecule has 0 aromatic rings. The van der Waals surface area contributed by atoms with Gasteiger partial charge in [0.05, 0.1) is 6.10 Å². The van der Waals surface area contributed by atoms with Crippen molar-refractivity contribution in [3.63, 3.8) is 0 Å². The molecule has 8 heavy (non-hydrogen) atoms. The van der Waals surface area contributed by atoms with Gasteiger partial charge < -0.3 is 10.2 Å². The molecule has 0 rings (SSSR count). The number of alkyl halides is 1. The minimum atomic E-state index is -0.347. The third-order valence-electron chi connectivity index (χ3n) is 1.10. The molecular weight excluding hydrogens is 219 g/mol. The van der Waals surface area contributed by atoms with Crippen LogP contribution in [0.25, 0.3) is 0 Å². The van der Waals surface area contributed by atoms with E-state index in [1.54, 1.807) is 0 Å². The Balaban J connectivity index is 3.29. The van der Waals surface area contributed by atoms with Crippen molar-refractivity contribution in [2.75, 3.05) is 11.0 Å². The van der Waals surface area contributed by atoms with Crippen LogP contribution in [0.3, 0.4) is 0 Å². The van der Waals surface area contributed by atoms with Gasteiger partial charge in [0.25, 0.3) is 0 Å². The van der Waals surface area contributed by atoms with Crippen molar-refractivity contribution in [1.29, 1.82) is 0 Å². The number of hydrogen-bond acceptors (Lipinski definition) is 2.